The van der Waals surface area contributed by atoms with Crippen molar-refractivity contribution in [1.82, 2.24) is 25.4 Å². The van der Waals surface area contributed by atoms with Crippen molar-refractivity contribution < 1.29 is 22.7 Å². The van der Waals surface area contributed by atoms with Crippen molar-refractivity contribution in [3.63, 3.8) is 0 Å². The number of ether oxygens (including phenoxy) is 1. The van der Waals surface area contributed by atoms with E-state index in [4.69, 9.17) is 16.3 Å². The number of pyridine rings is 1. The molecule has 28 heavy (non-hydrogen) atoms. The summed E-state index contributed by atoms with van der Waals surface area (Å²) in [5.41, 5.74) is -0.266. The molecule has 7 nitrogen and oxygen atoms in total. The maximum Gasteiger partial charge on any atom is 0.417 e. The maximum absolute atomic E-state index is 12.5. The molecule has 1 atom stereocenters. The SMILES string of the molecule is CNC(C(=O)NCCOc1ncc(C(F)(F)F)cc1Cl)c1cnn(C)c1.Cl.Cl. The molecule has 2 rings (SSSR count). The number of halogens is 6. The first-order chi connectivity index (χ1) is 12.2. The molecule has 0 saturated heterocycles. The van der Waals surface area contributed by atoms with Crippen LogP contribution in [0.2, 0.25) is 5.02 Å². The van der Waals surface area contributed by atoms with E-state index in [1.165, 1.54) is 0 Å². The molecule has 158 valence electrons. The van der Waals surface area contributed by atoms with Crippen LogP contribution in [0, 0.1) is 0 Å². The van der Waals surface area contributed by atoms with Crippen LogP contribution >= 0.6 is 36.4 Å². The summed E-state index contributed by atoms with van der Waals surface area (Å²) in [6.07, 6.45) is -0.608. The quantitative estimate of drug-likeness (QED) is 0.616. The van der Waals surface area contributed by atoms with Crippen molar-refractivity contribution in [3.8, 4) is 5.88 Å². The molecule has 1 unspecified atom stereocenters. The molecule has 2 heterocycles. The Balaban J connectivity index is 0.00000364. The predicted octanol–water partition coefficient (Wildman–Crippen LogP) is 2.79. The summed E-state index contributed by atoms with van der Waals surface area (Å²) in [6.45, 7) is 0.115. The predicted molar refractivity (Wildman–Crippen MR) is 102 cm³/mol. The van der Waals surface area contributed by atoms with Gasteiger partial charge in [-0.3, -0.25) is 9.48 Å². The maximum atomic E-state index is 12.5. The van der Waals surface area contributed by atoms with Gasteiger partial charge in [-0.2, -0.15) is 18.3 Å². The monoisotopic (exact) mass is 463 g/mol. The minimum atomic E-state index is -4.53. The lowest BCUT2D eigenvalue weighted by atomic mass is 10.1. The molecule has 0 aromatic carbocycles. The number of likely N-dealkylation sites (N-methyl/N-ethyl adjacent to an activating group) is 1. The second-order valence-electron chi connectivity index (χ2n) is 5.32. The van der Waals surface area contributed by atoms with E-state index >= 15 is 0 Å². The Morgan fingerprint density at radius 1 is 1.36 bits per heavy atom. The Labute approximate surface area is 176 Å². The smallest absolute Gasteiger partial charge is 0.417 e. The van der Waals surface area contributed by atoms with Crippen LogP contribution in [0.3, 0.4) is 0 Å². The van der Waals surface area contributed by atoms with Gasteiger partial charge < -0.3 is 15.4 Å². The normalized spacial score (nSPS) is 11.8. The number of aromatic nitrogens is 3. The van der Waals surface area contributed by atoms with Crippen molar-refractivity contribution in [3.05, 3.63) is 40.8 Å². The lowest BCUT2D eigenvalue weighted by Gasteiger charge is -2.15. The van der Waals surface area contributed by atoms with Gasteiger partial charge in [-0.1, -0.05) is 11.6 Å². The number of aryl methyl sites for hydroxylation is 1. The highest BCUT2D eigenvalue weighted by Crippen LogP contribution is 2.32. The Morgan fingerprint density at radius 3 is 2.54 bits per heavy atom. The number of carbonyl (C=O) groups excluding carboxylic acids is 1. The number of nitrogens with zero attached hydrogens (tertiary/aromatic N) is 3. The van der Waals surface area contributed by atoms with Gasteiger partial charge in [-0.15, -0.1) is 24.8 Å². The zero-order chi connectivity index (χ0) is 19.3. The van der Waals surface area contributed by atoms with Crippen molar-refractivity contribution in [1.29, 1.82) is 0 Å². The fourth-order valence-electron chi connectivity index (χ4n) is 2.15. The fourth-order valence-corrected chi connectivity index (χ4v) is 2.37. The van der Waals surface area contributed by atoms with Gasteiger partial charge in [-0.05, 0) is 13.1 Å². The number of amides is 1. The Kier molecular flexibility index (Phi) is 10.6. The number of nitrogens with one attached hydrogen (secondary N) is 2. The number of rotatable bonds is 7. The van der Waals surface area contributed by atoms with Crippen LogP contribution in [0.25, 0.3) is 0 Å². The number of alkyl halides is 3. The Bertz CT molecular complexity index is 774. The van der Waals surface area contributed by atoms with E-state index < -0.39 is 17.8 Å². The summed E-state index contributed by atoms with van der Waals surface area (Å²) >= 11 is 5.74. The van der Waals surface area contributed by atoms with Gasteiger partial charge >= 0.3 is 6.18 Å². The molecule has 0 aliphatic heterocycles. The molecule has 0 spiro atoms. The minimum absolute atomic E-state index is 0. The van der Waals surface area contributed by atoms with E-state index in [-0.39, 0.29) is 54.8 Å². The Hall–Kier alpha value is -1.75. The number of hydrogen-bond acceptors (Lipinski definition) is 5. The molecule has 0 saturated carbocycles. The first-order valence-electron chi connectivity index (χ1n) is 7.51. The highest BCUT2D eigenvalue weighted by Gasteiger charge is 2.31. The summed E-state index contributed by atoms with van der Waals surface area (Å²) in [5.74, 6) is -0.429. The zero-order valence-electron chi connectivity index (χ0n) is 14.8. The van der Waals surface area contributed by atoms with Gasteiger partial charge in [0.2, 0.25) is 11.8 Å². The summed E-state index contributed by atoms with van der Waals surface area (Å²) in [4.78, 5) is 15.7. The summed E-state index contributed by atoms with van der Waals surface area (Å²) in [7, 11) is 3.38. The van der Waals surface area contributed by atoms with E-state index in [0.717, 1.165) is 6.07 Å². The number of hydrogen-bond donors (Lipinski definition) is 2. The summed E-state index contributed by atoms with van der Waals surface area (Å²) in [6, 6.07) is 0.151. The lowest BCUT2D eigenvalue weighted by Crippen LogP contribution is -2.37. The van der Waals surface area contributed by atoms with Gasteiger partial charge in [0, 0.05) is 25.0 Å². The van der Waals surface area contributed by atoms with E-state index in [1.807, 2.05) is 0 Å². The third-order valence-electron chi connectivity index (χ3n) is 3.38. The summed E-state index contributed by atoms with van der Waals surface area (Å²) in [5, 5.41) is 9.28. The van der Waals surface area contributed by atoms with Crippen molar-refractivity contribution in [2.75, 3.05) is 20.2 Å². The molecular formula is C15H19Cl3F3N5O2. The van der Waals surface area contributed by atoms with E-state index in [1.54, 1.807) is 31.2 Å². The molecule has 13 heteroatoms. The third-order valence-corrected chi connectivity index (χ3v) is 3.65. The van der Waals surface area contributed by atoms with Gasteiger partial charge in [0.25, 0.3) is 0 Å². The molecule has 1 amide bonds. The second kappa shape index (κ2) is 11.3. The Morgan fingerprint density at radius 2 is 2.04 bits per heavy atom. The van der Waals surface area contributed by atoms with Crippen LogP contribution in [0.5, 0.6) is 5.88 Å². The van der Waals surface area contributed by atoms with Crippen LogP contribution in [0.1, 0.15) is 17.2 Å². The molecule has 2 aromatic rings. The van der Waals surface area contributed by atoms with Crippen molar-refractivity contribution >= 4 is 42.3 Å². The lowest BCUT2D eigenvalue weighted by molar-refractivity contribution is -0.137. The van der Waals surface area contributed by atoms with E-state index in [9.17, 15) is 18.0 Å². The van der Waals surface area contributed by atoms with Crippen LogP contribution in [0.15, 0.2) is 24.7 Å². The van der Waals surface area contributed by atoms with Gasteiger partial charge in [-0.25, -0.2) is 4.98 Å². The first kappa shape index (κ1) is 26.2. The molecule has 0 fully saturated rings. The minimum Gasteiger partial charge on any atom is -0.475 e. The van der Waals surface area contributed by atoms with Crippen LogP contribution in [-0.4, -0.2) is 40.9 Å². The molecular weight excluding hydrogens is 446 g/mol. The van der Waals surface area contributed by atoms with Crippen LogP contribution in [-0.2, 0) is 18.0 Å². The zero-order valence-corrected chi connectivity index (χ0v) is 17.2. The molecule has 2 N–H and O–H groups in total. The summed E-state index contributed by atoms with van der Waals surface area (Å²) < 4.78 is 44.4. The van der Waals surface area contributed by atoms with Gasteiger partial charge in [0.1, 0.15) is 17.7 Å². The van der Waals surface area contributed by atoms with Crippen molar-refractivity contribution in [2.24, 2.45) is 7.05 Å². The first-order valence-corrected chi connectivity index (χ1v) is 7.89. The second-order valence-corrected chi connectivity index (χ2v) is 5.72. The average Bonchev–Trinajstić information content (AvgIpc) is 2.98. The average molecular weight is 465 g/mol. The molecule has 0 aliphatic carbocycles. The molecule has 0 bridgehead atoms. The van der Waals surface area contributed by atoms with Gasteiger partial charge in [0.15, 0.2) is 0 Å². The van der Waals surface area contributed by atoms with E-state index in [2.05, 4.69) is 20.7 Å². The van der Waals surface area contributed by atoms with E-state index in [0.29, 0.717) is 11.8 Å². The van der Waals surface area contributed by atoms with Crippen molar-refractivity contribution in [2.45, 2.75) is 12.2 Å². The highest BCUT2D eigenvalue weighted by molar-refractivity contribution is 6.31. The van der Waals surface area contributed by atoms with Crippen LogP contribution < -0.4 is 15.4 Å². The largest absolute Gasteiger partial charge is 0.475 e. The standard InChI is InChI=1S/C15H17ClF3N5O2.2ClH/c1-20-12(9-6-23-24(2)8-9)13(25)21-3-4-26-14-11(16)5-10(7-22-14)15(17,18)19;;/h5-8,12,20H,3-4H2,1-2H3,(H,21,25);2*1H. The fraction of sp³-hybridized carbons (Fsp3) is 0.400. The number of carbonyl (C=O) groups is 1. The van der Waals surface area contributed by atoms with Crippen LogP contribution in [0.4, 0.5) is 13.2 Å². The molecule has 0 radical (unpaired) electrons. The third kappa shape index (κ3) is 7.01. The molecule has 0 aliphatic rings. The topological polar surface area (TPSA) is 81.1 Å². The highest BCUT2D eigenvalue weighted by atomic mass is 35.5. The molecule has 2 aromatic heterocycles. The van der Waals surface area contributed by atoms with Gasteiger partial charge in [0.05, 0.1) is 18.3 Å².